The molecule has 1 fully saturated rings. The molecule has 4 nitrogen and oxygen atoms in total. The van der Waals surface area contributed by atoms with Crippen LogP contribution in [-0.2, 0) is 0 Å². The summed E-state index contributed by atoms with van der Waals surface area (Å²) in [6.45, 7) is 0.598. The lowest BCUT2D eigenvalue weighted by atomic mass is 10.0. The summed E-state index contributed by atoms with van der Waals surface area (Å²) in [5.41, 5.74) is -0.563. The minimum Gasteiger partial charge on any atom is -0.388 e. The minimum atomic E-state index is -0.563. The van der Waals surface area contributed by atoms with Gasteiger partial charge in [0.2, 0.25) is 5.28 Å². The zero-order chi connectivity index (χ0) is 11.6. The number of hydrogen-bond donors (Lipinski definition) is 1. The number of likely N-dealkylation sites (N-methyl/N-ethyl adjacent to an activating group) is 1. The first-order valence-corrected chi connectivity index (χ1v) is 5.89. The van der Waals surface area contributed by atoms with Gasteiger partial charge in [-0.25, -0.2) is 9.97 Å². The average molecular weight is 242 g/mol. The van der Waals surface area contributed by atoms with Crippen molar-refractivity contribution in [3.05, 3.63) is 17.5 Å². The smallest absolute Gasteiger partial charge is 0.224 e. The molecule has 0 unspecified atom stereocenters. The Morgan fingerprint density at radius 2 is 2.19 bits per heavy atom. The number of nitrogens with zero attached hydrogens (tertiary/aromatic N) is 3. The number of anilines is 1. The molecule has 0 spiro atoms. The molecule has 1 aliphatic carbocycles. The van der Waals surface area contributed by atoms with E-state index in [0.717, 1.165) is 31.5 Å². The molecule has 16 heavy (non-hydrogen) atoms. The van der Waals surface area contributed by atoms with Crippen molar-refractivity contribution in [2.75, 3.05) is 18.5 Å². The summed E-state index contributed by atoms with van der Waals surface area (Å²) in [7, 11) is 1.91. The molecule has 1 saturated carbocycles. The largest absolute Gasteiger partial charge is 0.388 e. The highest BCUT2D eigenvalue weighted by molar-refractivity contribution is 6.28. The molecule has 1 heterocycles. The maximum atomic E-state index is 10.3. The van der Waals surface area contributed by atoms with Gasteiger partial charge in [-0.1, -0.05) is 12.8 Å². The van der Waals surface area contributed by atoms with Crippen molar-refractivity contribution in [2.45, 2.75) is 31.3 Å². The molecule has 0 radical (unpaired) electrons. The third-order valence-electron chi connectivity index (χ3n) is 3.07. The monoisotopic (exact) mass is 241 g/mol. The zero-order valence-corrected chi connectivity index (χ0v) is 10.1. The summed E-state index contributed by atoms with van der Waals surface area (Å²) in [6, 6.07) is 1.80. The molecule has 5 heteroatoms. The first-order chi connectivity index (χ1) is 7.59. The van der Waals surface area contributed by atoms with Crippen LogP contribution in [0.3, 0.4) is 0 Å². The van der Waals surface area contributed by atoms with E-state index in [1.165, 1.54) is 0 Å². The fourth-order valence-corrected chi connectivity index (χ4v) is 2.40. The Labute approximate surface area is 100 Å². The highest BCUT2D eigenvalue weighted by Crippen LogP contribution is 2.30. The van der Waals surface area contributed by atoms with E-state index >= 15 is 0 Å². The van der Waals surface area contributed by atoms with Gasteiger partial charge in [0.15, 0.2) is 0 Å². The van der Waals surface area contributed by atoms with Crippen LogP contribution in [-0.4, -0.2) is 34.3 Å². The lowest BCUT2D eigenvalue weighted by Crippen LogP contribution is -2.39. The van der Waals surface area contributed by atoms with Crippen LogP contribution in [0.4, 0.5) is 5.82 Å². The molecule has 0 aromatic carbocycles. The van der Waals surface area contributed by atoms with Gasteiger partial charge in [0.05, 0.1) is 5.60 Å². The quantitative estimate of drug-likeness (QED) is 0.821. The fraction of sp³-hybridized carbons (Fsp3) is 0.636. The van der Waals surface area contributed by atoms with Gasteiger partial charge in [0, 0.05) is 19.8 Å². The molecule has 0 aliphatic heterocycles. The summed E-state index contributed by atoms with van der Waals surface area (Å²) in [4.78, 5) is 9.88. The number of halogens is 1. The van der Waals surface area contributed by atoms with Crippen LogP contribution in [0.25, 0.3) is 0 Å². The van der Waals surface area contributed by atoms with Gasteiger partial charge in [-0.05, 0) is 30.5 Å². The van der Waals surface area contributed by atoms with Crippen molar-refractivity contribution in [1.82, 2.24) is 9.97 Å². The summed E-state index contributed by atoms with van der Waals surface area (Å²) in [5.74, 6) is 0.750. The summed E-state index contributed by atoms with van der Waals surface area (Å²) in [5, 5.41) is 10.5. The van der Waals surface area contributed by atoms with Gasteiger partial charge in [0.25, 0.3) is 0 Å². The van der Waals surface area contributed by atoms with Crippen molar-refractivity contribution >= 4 is 17.4 Å². The molecule has 0 saturated heterocycles. The highest BCUT2D eigenvalue weighted by atomic mass is 35.5. The van der Waals surface area contributed by atoms with Crippen LogP contribution in [0.15, 0.2) is 12.3 Å². The van der Waals surface area contributed by atoms with E-state index in [1.807, 2.05) is 11.9 Å². The molecule has 0 atom stereocenters. The lowest BCUT2D eigenvalue weighted by molar-refractivity contribution is 0.0558. The third kappa shape index (κ3) is 2.62. The molecule has 0 amide bonds. The predicted octanol–water partition coefficient (Wildman–Crippen LogP) is 1.87. The number of rotatable bonds is 3. The second-order valence-corrected chi connectivity index (χ2v) is 4.81. The van der Waals surface area contributed by atoms with E-state index in [1.54, 1.807) is 12.3 Å². The van der Waals surface area contributed by atoms with Crippen molar-refractivity contribution in [1.29, 1.82) is 0 Å². The van der Waals surface area contributed by atoms with Crippen molar-refractivity contribution < 1.29 is 5.11 Å². The van der Waals surface area contributed by atoms with Gasteiger partial charge in [-0.2, -0.15) is 0 Å². The van der Waals surface area contributed by atoms with Crippen LogP contribution in [0.5, 0.6) is 0 Å². The SMILES string of the molecule is CN(CC1(O)CCCC1)c1ccnc(Cl)n1. The maximum Gasteiger partial charge on any atom is 0.224 e. The fourth-order valence-electron chi connectivity index (χ4n) is 2.25. The Bertz CT molecular complexity index is 366. The first-order valence-electron chi connectivity index (χ1n) is 5.51. The maximum absolute atomic E-state index is 10.3. The van der Waals surface area contributed by atoms with Gasteiger partial charge in [-0.3, -0.25) is 0 Å². The number of aromatic nitrogens is 2. The molecular formula is C11H16ClN3O. The van der Waals surface area contributed by atoms with E-state index in [9.17, 15) is 5.11 Å². The van der Waals surface area contributed by atoms with E-state index in [-0.39, 0.29) is 5.28 Å². The molecular weight excluding hydrogens is 226 g/mol. The van der Waals surface area contributed by atoms with Gasteiger partial charge in [-0.15, -0.1) is 0 Å². The topological polar surface area (TPSA) is 49.2 Å². The Kier molecular flexibility index (Phi) is 3.30. The van der Waals surface area contributed by atoms with Gasteiger partial charge in [0.1, 0.15) is 5.82 Å². The second-order valence-electron chi connectivity index (χ2n) is 4.47. The highest BCUT2D eigenvalue weighted by Gasteiger charge is 2.32. The Morgan fingerprint density at radius 1 is 1.50 bits per heavy atom. The molecule has 88 valence electrons. The number of aliphatic hydroxyl groups is 1. The van der Waals surface area contributed by atoms with Crippen LogP contribution in [0.2, 0.25) is 5.28 Å². The Hall–Kier alpha value is -0.870. The van der Waals surface area contributed by atoms with Crippen molar-refractivity contribution in [2.24, 2.45) is 0 Å². The summed E-state index contributed by atoms with van der Waals surface area (Å²) in [6.07, 6.45) is 5.58. The Balaban J connectivity index is 2.05. The third-order valence-corrected chi connectivity index (χ3v) is 3.25. The van der Waals surface area contributed by atoms with Crippen LogP contribution >= 0.6 is 11.6 Å². The van der Waals surface area contributed by atoms with Crippen LogP contribution in [0.1, 0.15) is 25.7 Å². The average Bonchev–Trinajstić information content (AvgIpc) is 2.65. The van der Waals surface area contributed by atoms with E-state index < -0.39 is 5.60 Å². The predicted molar refractivity (Wildman–Crippen MR) is 63.7 cm³/mol. The van der Waals surface area contributed by atoms with E-state index in [2.05, 4.69) is 9.97 Å². The van der Waals surface area contributed by atoms with E-state index in [0.29, 0.717) is 6.54 Å². The normalized spacial score (nSPS) is 18.7. The van der Waals surface area contributed by atoms with Gasteiger partial charge >= 0.3 is 0 Å². The second kappa shape index (κ2) is 4.55. The molecule has 1 N–H and O–H groups in total. The number of hydrogen-bond acceptors (Lipinski definition) is 4. The molecule has 2 rings (SSSR count). The molecule has 0 bridgehead atoms. The Morgan fingerprint density at radius 3 is 2.81 bits per heavy atom. The lowest BCUT2D eigenvalue weighted by Gasteiger charge is -2.29. The zero-order valence-electron chi connectivity index (χ0n) is 9.36. The van der Waals surface area contributed by atoms with Crippen LogP contribution in [0, 0.1) is 0 Å². The van der Waals surface area contributed by atoms with E-state index in [4.69, 9.17) is 11.6 Å². The molecule has 1 aromatic rings. The van der Waals surface area contributed by atoms with Crippen LogP contribution < -0.4 is 4.90 Å². The summed E-state index contributed by atoms with van der Waals surface area (Å²) < 4.78 is 0. The summed E-state index contributed by atoms with van der Waals surface area (Å²) >= 11 is 5.73. The molecule has 1 aromatic heterocycles. The first kappa shape index (κ1) is 11.6. The van der Waals surface area contributed by atoms with Gasteiger partial charge < -0.3 is 10.0 Å². The molecule has 1 aliphatic rings. The minimum absolute atomic E-state index is 0.239. The standard InChI is InChI=1S/C11H16ClN3O/c1-15(8-11(16)5-2-3-6-11)9-4-7-13-10(12)14-9/h4,7,16H,2-3,5-6,8H2,1H3. The van der Waals surface area contributed by atoms with Crippen molar-refractivity contribution in [3.63, 3.8) is 0 Å². The van der Waals surface area contributed by atoms with Crippen molar-refractivity contribution in [3.8, 4) is 0 Å².